The van der Waals surface area contributed by atoms with Crippen molar-refractivity contribution in [3.63, 3.8) is 0 Å². The van der Waals surface area contributed by atoms with Crippen LogP contribution in [0.5, 0.6) is 0 Å². The second-order valence-corrected chi connectivity index (χ2v) is 10.5. The van der Waals surface area contributed by atoms with Gasteiger partial charge >= 0.3 is 0 Å². The fraction of sp³-hybridized carbons (Fsp3) is 0.667. The monoisotopic (exact) mass is 404 g/mol. The molecule has 1 aromatic carbocycles. The maximum atomic E-state index is 12.3. The number of aryl methyl sites for hydroxylation is 1. The van der Waals surface area contributed by atoms with E-state index >= 15 is 0 Å². The molecule has 0 spiro atoms. The van der Waals surface area contributed by atoms with Gasteiger partial charge in [-0.25, -0.2) is 8.42 Å². The van der Waals surface area contributed by atoms with E-state index in [2.05, 4.69) is 17.0 Å². The highest BCUT2D eigenvalue weighted by Gasteiger charge is 2.20. The van der Waals surface area contributed by atoms with Gasteiger partial charge in [0.2, 0.25) is 0 Å². The van der Waals surface area contributed by atoms with Crippen LogP contribution in [-0.2, 0) is 19.1 Å². The summed E-state index contributed by atoms with van der Waals surface area (Å²) in [4.78, 5) is 2.26. The molecule has 0 aliphatic heterocycles. The van der Waals surface area contributed by atoms with Crippen LogP contribution in [0.4, 0.5) is 0 Å². The van der Waals surface area contributed by atoms with Crippen LogP contribution in [0.15, 0.2) is 29.2 Å². The quantitative estimate of drug-likeness (QED) is 0.265. The molecule has 0 fully saturated rings. The topological polar surface area (TPSA) is 84.5 Å². The van der Waals surface area contributed by atoms with Crippen molar-refractivity contribution in [2.24, 2.45) is 0 Å². The van der Waals surface area contributed by atoms with Crippen molar-refractivity contribution < 1.29 is 17.5 Å². The Balaban J connectivity index is 2.25. The molecule has 0 aliphatic rings. The average molecular weight is 405 g/mol. The van der Waals surface area contributed by atoms with Crippen LogP contribution < -0.4 is 10.0 Å². The molecule has 0 saturated carbocycles. The number of rotatable bonds is 14. The molecule has 1 atom stereocenters. The molecule has 6 nitrogen and oxygen atoms in total. The van der Waals surface area contributed by atoms with Crippen LogP contribution in [0, 0.1) is 6.92 Å². The summed E-state index contributed by atoms with van der Waals surface area (Å²) >= 11 is 0. The van der Waals surface area contributed by atoms with Crippen molar-refractivity contribution in [3.8, 4) is 0 Å². The lowest BCUT2D eigenvalue weighted by molar-refractivity contribution is 0.296. The van der Waals surface area contributed by atoms with Crippen LogP contribution in [-0.4, -0.2) is 21.7 Å². The summed E-state index contributed by atoms with van der Waals surface area (Å²) < 4.78 is 42.0. The highest BCUT2D eigenvalue weighted by molar-refractivity contribution is 7.89. The van der Waals surface area contributed by atoms with Crippen molar-refractivity contribution in [1.82, 2.24) is 10.0 Å². The fourth-order valence-electron chi connectivity index (χ4n) is 2.43. The molecule has 0 aliphatic carbocycles. The minimum absolute atomic E-state index is 0.110. The molecule has 2 N–H and O–H groups in total. The first-order chi connectivity index (χ1) is 12.3. The van der Waals surface area contributed by atoms with Crippen LogP contribution in [0.2, 0.25) is 0 Å². The summed E-state index contributed by atoms with van der Waals surface area (Å²) in [7, 11) is -7.00. The van der Waals surface area contributed by atoms with E-state index in [1.165, 1.54) is 50.9 Å². The Bertz CT molecular complexity index is 662. The molecule has 1 aromatic rings. The third-order valence-electron chi connectivity index (χ3n) is 4.05. The van der Waals surface area contributed by atoms with Gasteiger partial charge in [0.25, 0.3) is 17.5 Å². The predicted octanol–water partition coefficient (Wildman–Crippen LogP) is 4.76. The molecular weight excluding hydrogens is 371 g/mol. The first-order valence-electron chi connectivity index (χ1n) is 9.34. The number of sulfonamides is 1. The van der Waals surface area contributed by atoms with Gasteiger partial charge in [0.1, 0.15) is 0 Å². The van der Waals surface area contributed by atoms with Gasteiger partial charge in [-0.3, -0.25) is 4.57 Å². The molecule has 8 heteroatoms. The van der Waals surface area contributed by atoms with Crippen molar-refractivity contribution in [1.29, 1.82) is 0 Å². The van der Waals surface area contributed by atoms with Gasteiger partial charge in [-0.05, 0) is 25.5 Å². The van der Waals surface area contributed by atoms with Crippen molar-refractivity contribution in [2.45, 2.75) is 70.1 Å². The van der Waals surface area contributed by atoms with Gasteiger partial charge in [0.15, 0.2) is 0 Å². The highest BCUT2D eigenvalue weighted by Crippen LogP contribution is 2.36. The van der Waals surface area contributed by atoms with E-state index in [0.29, 0.717) is 6.61 Å². The minimum Gasteiger partial charge on any atom is -0.317 e. The van der Waals surface area contributed by atoms with Gasteiger partial charge in [0, 0.05) is 6.66 Å². The lowest BCUT2D eigenvalue weighted by atomic mass is 10.1. The minimum atomic E-state index is -3.77. The second kappa shape index (κ2) is 11.9. The maximum Gasteiger partial charge on any atom is 0.280 e. The van der Waals surface area contributed by atoms with Crippen LogP contribution in [0.1, 0.15) is 63.9 Å². The molecular formula is C18H33N2O4PS. The molecule has 1 rings (SSSR count). The molecule has 0 bridgehead atoms. The van der Waals surface area contributed by atoms with Gasteiger partial charge in [-0.15, -0.1) is 4.83 Å². The predicted molar refractivity (Wildman–Crippen MR) is 107 cm³/mol. The smallest absolute Gasteiger partial charge is 0.280 e. The lowest BCUT2D eigenvalue weighted by Gasteiger charge is -2.16. The van der Waals surface area contributed by atoms with E-state index in [1.807, 2.05) is 6.92 Å². The number of unbranched alkanes of at least 4 members (excludes halogenated alkanes) is 7. The number of hydrogen-bond donors (Lipinski definition) is 2. The zero-order chi connectivity index (χ0) is 19.5. The van der Waals surface area contributed by atoms with Gasteiger partial charge in [0.05, 0.1) is 11.5 Å². The molecule has 0 radical (unpaired) electrons. The maximum absolute atomic E-state index is 12.3. The molecule has 0 saturated heterocycles. The summed E-state index contributed by atoms with van der Waals surface area (Å²) in [5.74, 6) is 0. The van der Waals surface area contributed by atoms with E-state index in [-0.39, 0.29) is 4.90 Å². The number of benzene rings is 1. The zero-order valence-corrected chi connectivity index (χ0v) is 17.9. The van der Waals surface area contributed by atoms with E-state index in [0.717, 1.165) is 24.8 Å². The summed E-state index contributed by atoms with van der Waals surface area (Å²) in [6.07, 6.45) is 9.32. The second-order valence-electron chi connectivity index (χ2n) is 6.68. The van der Waals surface area contributed by atoms with Crippen LogP contribution in [0.25, 0.3) is 0 Å². The van der Waals surface area contributed by atoms with E-state index in [4.69, 9.17) is 4.52 Å². The van der Waals surface area contributed by atoms with E-state index < -0.39 is 17.5 Å². The third kappa shape index (κ3) is 9.83. The summed E-state index contributed by atoms with van der Waals surface area (Å²) in [6.45, 7) is 5.80. The Morgan fingerprint density at radius 3 is 2.08 bits per heavy atom. The van der Waals surface area contributed by atoms with Crippen molar-refractivity contribution in [2.75, 3.05) is 13.3 Å². The lowest BCUT2D eigenvalue weighted by Crippen LogP contribution is -2.35. The van der Waals surface area contributed by atoms with Gasteiger partial charge in [-0.2, -0.15) is 5.20 Å². The first-order valence-corrected chi connectivity index (χ1v) is 12.9. The number of hydrogen-bond acceptors (Lipinski definition) is 4. The molecule has 26 heavy (non-hydrogen) atoms. The highest BCUT2D eigenvalue weighted by atomic mass is 32.2. The third-order valence-corrected chi connectivity index (χ3v) is 6.66. The molecule has 0 heterocycles. The largest absolute Gasteiger partial charge is 0.317 e. The van der Waals surface area contributed by atoms with Gasteiger partial charge in [-0.1, -0.05) is 69.6 Å². The Morgan fingerprint density at radius 2 is 1.50 bits per heavy atom. The van der Waals surface area contributed by atoms with Gasteiger partial charge < -0.3 is 4.52 Å². The summed E-state index contributed by atoms with van der Waals surface area (Å²) in [5, 5.41) is 2.33. The first kappa shape index (κ1) is 23.3. The van der Waals surface area contributed by atoms with E-state index in [1.54, 1.807) is 12.1 Å². The van der Waals surface area contributed by atoms with Crippen LogP contribution >= 0.6 is 7.52 Å². The Labute approximate surface area is 158 Å². The number of nitrogens with one attached hydrogen (secondary N) is 2. The normalized spacial score (nSPS) is 14.3. The summed E-state index contributed by atoms with van der Waals surface area (Å²) in [5.41, 5.74) is 0.965. The Kier molecular flexibility index (Phi) is 10.7. The standard InChI is InChI=1S/C18H33N2O4PS/c1-4-5-6-7-8-9-10-11-16-24-25(3,21)19-20-26(22,23)18-14-12-17(2)13-15-18/h12-15,20H,4-11,16H2,1-3H3,(H,19,21). The van der Waals surface area contributed by atoms with Crippen molar-refractivity contribution >= 4 is 17.5 Å². The number of hydrazine groups is 1. The fourth-order valence-corrected chi connectivity index (χ4v) is 4.72. The zero-order valence-electron chi connectivity index (χ0n) is 16.2. The average Bonchev–Trinajstić information content (AvgIpc) is 2.59. The van der Waals surface area contributed by atoms with Crippen molar-refractivity contribution in [3.05, 3.63) is 29.8 Å². The van der Waals surface area contributed by atoms with Crippen LogP contribution in [0.3, 0.4) is 0 Å². The Hall–Kier alpha value is -0.720. The SMILES string of the molecule is CCCCCCCCCCOP(C)(=O)NNS(=O)(=O)c1ccc(C)cc1. The molecule has 0 amide bonds. The molecule has 1 unspecified atom stereocenters. The Morgan fingerprint density at radius 1 is 0.962 bits per heavy atom. The summed E-state index contributed by atoms with van der Waals surface area (Å²) in [6, 6.07) is 6.42. The molecule has 150 valence electrons. The van der Waals surface area contributed by atoms with E-state index in [9.17, 15) is 13.0 Å². The molecule has 0 aromatic heterocycles.